The molecule has 0 amide bonds. The first-order valence-electron chi connectivity index (χ1n) is 19.0. The molecule has 6 heteroatoms. The third-order valence-corrected chi connectivity index (χ3v) is 11.0. The van der Waals surface area contributed by atoms with E-state index in [4.69, 9.17) is 8.83 Å². The predicted molar refractivity (Wildman–Crippen MR) is 235 cm³/mol. The second kappa shape index (κ2) is 13.2. The average molecular weight is 743 g/mol. The lowest BCUT2D eigenvalue weighted by atomic mass is 10.0. The summed E-state index contributed by atoms with van der Waals surface area (Å²) in [4.78, 5) is 4.39. The number of fused-ring (bicyclic) bond motifs is 9. The Morgan fingerprint density at radius 1 is 0.345 bits per heavy atom. The third-order valence-electron chi connectivity index (χ3n) is 11.0. The number of hydrogen-bond acceptors (Lipinski definition) is 6. The van der Waals surface area contributed by atoms with E-state index in [-0.39, 0.29) is 0 Å². The predicted octanol–water partition coefficient (Wildman–Crippen LogP) is 14.5. The van der Waals surface area contributed by atoms with Crippen LogP contribution in [-0.2, 0) is 0 Å². The van der Waals surface area contributed by atoms with Gasteiger partial charge in [-0.25, -0.2) is 0 Å². The van der Waals surface area contributed by atoms with Crippen LogP contribution in [0.15, 0.2) is 191 Å². The highest BCUT2D eigenvalue weighted by Gasteiger charge is 2.20. The first kappa shape index (κ1) is 33.1. The van der Waals surface area contributed by atoms with Gasteiger partial charge in [0.25, 0.3) is 0 Å². The van der Waals surface area contributed by atoms with Crippen molar-refractivity contribution in [3.63, 3.8) is 0 Å². The molecule has 0 N–H and O–H groups in total. The Morgan fingerprint density at radius 3 is 1.33 bits per heavy atom. The number of anilines is 6. The summed E-state index contributed by atoms with van der Waals surface area (Å²) in [6.45, 7) is 0. The van der Waals surface area contributed by atoms with Crippen molar-refractivity contribution < 1.29 is 8.83 Å². The van der Waals surface area contributed by atoms with Crippen LogP contribution in [0.3, 0.4) is 0 Å². The number of furan rings is 2. The molecule has 0 bridgehead atoms. The molecular formula is C52H30N4O2. The Labute approximate surface area is 332 Å². The summed E-state index contributed by atoms with van der Waals surface area (Å²) in [7, 11) is 0. The summed E-state index contributed by atoms with van der Waals surface area (Å²) in [6.07, 6.45) is 0. The number of hydrogen-bond donors (Lipinski definition) is 0. The van der Waals surface area contributed by atoms with Crippen LogP contribution in [0.1, 0.15) is 11.1 Å². The smallest absolute Gasteiger partial charge is 0.147 e. The Hall–Kier alpha value is -8.32. The monoisotopic (exact) mass is 742 g/mol. The zero-order valence-corrected chi connectivity index (χ0v) is 30.9. The molecule has 0 fully saturated rings. The summed E-state index contributed by atoms with van der Waals surface area (Å²) in [5.74, 6) is 0. The van der Waals surface area contributed by atoms with Crippen LogP contribution in [0.25, 0.3) is 65.4 Å². The molecule has 2 heterocycles. The highest BCUT2D eigenvalue weighted by Crippen LogP contribution is 2.44. The second-order valence-corrected chi connectivity index (χ2v) is 14.4. The summed E-state index contributed by atoms with van der Waals surface area (Å²) >= 11 is 0. The van der Waals surface area contributed by atoms with Crippen molar-refractivity contribution >= 4 is 99.5 Å². The molecule has 0 unspecified atom stereocenters. The number of nitrogens with zero attached hydrogens (tertiary/aromatic N) is 4. The van der Waals surface area contributed by atoms with Crippen LogP contribution in [-0.4, -0.2) is 0 Å². The summed E-state index contributed by atoms with van der Waals surface area (Å²) in [5.41, 5.74) is 10.4. The topological polar surface area (TPSA) is 80.3 Å². The Kier molecular flexibility index (Phi) is 7.50. The number of benzene rings is 9. The van der Waals surface area contributed by atoms with Crippen LogP contribution in [0, 0.1) is 22.7 Å². The lowest BCUT2D eigenvalue weighted by molar-refractivity contribution is 0.663. The van der Waals surface area contributed by atoms with Gasteiger partial charge in [0.2, 0.25) is 0 Å². The van der Waals surface area contributed by atoms with Crippen molar-refractivity contribution in [1.82, 2.24) is 0 Å². The largest absolute Gasteiger partial charge is 0.456 e. The third kappa shape index (κ3) is 5.40. The molecule has 11 rings (SSSR count). The highest BCUT2D eigenvalue weighted by molar-refractivity contribution is 6.24. The van der Waals surface area contributed by atoms with Crippen LogP contribution in [0.2, 0.25) is 0 Å². The van der Waals surface area contributed by atoms with E-state index >= 15 is 0 Å². The minimum atomic E-state index is 0.620. The van der Waals surface area contributed by atoms with E-state index in [9.17, 15) is 10.5 Å². The molecule has 2 aromatic heterocycles. The van der Waals surface area contributed by atoms with Crippen LogP contribution >= 0.6 is 0 Å². The average Bonchev–Trinajstić information content (AvgIpc) is 3.83. The van der Waals surface area contributed by atoms with Gasteiger partial charge in [0.1, 0.15) is 22.3 Å². The van der Waals surface area contributed by atoms with Gasteiger partial charge < -0.3 is 18.6 Å². The molecule has 9 aromatic carbocycles. The highest BCUT2D eigenvalue weighted by atomic mass is 16.3. The minimum Gasteiger partial charge on any atom is -0.456 e. The van der Waals surface area contributed by atoms with Gasteiger partial charge in [-0.2, -0.15) is 10.5 Å². The SMILES string of the molecule is N#Cc1ccc(N(c2ccccc2)c2ccc3cc4c(cc3c2)oc2c4ccc3oc4cc5cc(N(c6ccccc6)c6ccc(C#N)cc6)ccc5cc4c32)cc1. The Bertz CT molecular complexity index is 3470. The number of rotatable bonds is 6. The number of para-hydroxylation sites is 2. The Morgan fingerprint density at radius 2 is 0.810 bits per heavy atom. The van der Waals surface area contributed by atoms with Gasteiger partial charge in [0.15, 0.2) is 0 Å². The van der Waals surface area contributed by atoms with E-state index in [0.29, 0.717) is 11.1 Å². The summed E-state index contributed by atoms with van der Waals surface area (Å²) < 4.78 is 13.3. The van der Waals surface area contributed by atoms with Crippen LogP contribution in [0.5, 0.6) is 0 Å². The van der Waals surface area contributed by atoms with Gasteiger partial charge in [-0.05, 0) is 155 Å². The standard InChI is InChI=1S/C52H30N4O2/c53-31-33-11-17-41(18-12-33)55(39-7-3-1-4-8-39)43-21-15-35-27-46-45-23-24-48-51(52(45)58-49(46)29-37(35)25-43)47-28-36-16-22-44(26-38(36)30-50(47)57-48)56(40-9-5-2-6-10-40)42-19-13-34(32-54)14-20-42/h1-30H. The van der Waals surface area contributed by atoms with Crippen molar-refractivity contribution in [2.75, 3.05) is 9.80 Å². The van der Waals surface area contributed by atoms with Crippen molar-refractivity contribution in [3.8, 4) is 12.1 Å². The molecule has 0 saturated heterocycles. The molecule has 0 saturated carbocycles. The van der Waals surface area contributed by atoms with E-state index < -0.39 is 0 Å². The fourth-order valence-corrected chi connectivity index (χ4v) is 8.25. The first-order valence-corrected chi connectivity index (χ1v) is 19.0. The van der Waals surface area contributed by atoms with Crippen molar-refractivity contribution in [2.24, 2.45) is 0 Å². The van der Waals surface area contributed by atoms with E-state index in [1.54, 1.807) is 0 Å². The molecule has 0 radical (unpaired) electrons. The number of nitriles is 2. The summed E-state index contributed by atoms with van der Waals surface area (Å²) in [5, 5.41) is 27.2. The van der Waals surface area contributed by atoms with Gasteiger partial charge in [-0.1, -0.05) is 48.5 Å². The minimum absolute atomic E-state index is 0.620. The molecular weight excluding hydrogens is 713 g/mol. The molecule has 0 aliphatic rings. The Balaban J connectivity index is 1.03. The molecule has 58 heavy (non-hydrogen) atoms. The van der Waals surface area contributed by atoms with Gasteiger partial charge in [0, 0.05) is 50.3 Å². The molecule has 11 aromatic rings. The maximum absolute atomic E-state index is 9.42. The zero-order valence-electron chi connectivity index (χ0n) is 30.9. The van der Waals surface area contributed by atoms with Gasteiger partial charge in [-0.15, -0.1) is 0 Å². The van der Waals surface area contributed by atoms with Gasteiger partial charge in [-0.3, -0.25) is 0 Å². The molecule has 0 aliphatic carbocycles. The maximum atomic E-state index is 9.42. The molecule has 6 nitrogen and oxygen atoms in total. The van der Waals surface area contributed by atoms with E-state index in [0.717, 1.165) is 99.5 Å². The van der Waals surface area contributed by atoms with Gasteiger partial charge in [0.05, 0.1) is 28.7 Å². The lowest BCUT2D eigenvalue weighted by Gasteiger charge is -2.25. The van der Waals surface area contributed by atoms with Crippen LogP contribution in [0.4, 0.5) is 34.1 Å². The normalized spacial score (nSPS) is 11.4. The first-order chi connectivity index (χ1) is 28.6. The molecule has 0 atom stereocenters. The van der Waals surface area contributed by atoms with Crippen molar-refractivity contribution in [1.29, 1.82) is 10.5 Å². The molecule has 0 aliphatic heterocycles. The second-order valence-electron chi connectivity index (χ2n) is 14.4. The molecule has 270 valence electrons. The van der Waals surface area contributed by atoms with E-state index in [1.165, 1.54) is 0 Å². The van der Waals surface area contributed by atoms with Crippen molar-refractivity contribution in [3.05, 3.63) is 193 Å². The lowest BCUT2D eigenvalue weighted by Crippen LogP contribution is -2.09. The van der Waals surface area contributed by atoms with Gasteiger partial charge >= 0.3 is 0 Å². The fourth-order valence-electron chi connectivity index (χ4n) is 8.25. The zero-order chi connectivity index (χ0) is 38.7. The molecule has 0 spiro atoms. The maximum Gasteiger partial charge on any atom is 0.147 e. The quantitative estimate of drug-likeness (QED) is 0.169. The van der Waals surface area contributed by atoms with E-state index in [1.807, 2.05) is 91.0 Å². The van der Waals surface area contributed by atoms with Crippen molar-refractivity contribution in [2.45, 2.75) is 0 Å². The summed E-state index contributed by atoms with van der Waals surface area (Å²) in [6, 6.07) is 66.1. The van der Waals surface area contributed by atoms with Crippen LogP contribution < -0.4 is 9.80 Å². The van der Waals surface area contributed by atoms with E-state index in [2.05, 4.69) is 113 Å². The fraction of sp³-hybridized carbons (Fsp3) is 0.